The molecule has 0 fully saturated rings. The Morgan fingerprint density at radius 2 is 2.06 bits per heavy atom. The maximum absolute atomic E-state index is 5.58. The van der Waals surface area contributed by atoms with Gasteiger partial charge in [-0.3, -0.25) is 0 Å². The minimum atomic E-state index is 0.679. The highest BCUT2D eigenvalue weighted by Gasteiger charge is 2.11. The van der Waals surface area contributed by atoms with Gasteiger partial charge in [0.15, 0.2) is 5.82 Å². The minimum absolute atomic E-state index is 0.679. The summed E-state index contributed by atoms with van der Waals surface area (Å²) in [4.78, 5) is 9.19. The van der Waals surface area contributed by atoms with Crippen LogP contribution in [0.4, 0.5) is 5.82 Å². The lowest BCUT2D eigenvalue weighted by Gasteiger charge is -2.07. The molecule has 1 heterocycles. The Labute approximate surface area is 95.4 Å². The highest BCUT2D eigenvalue weighted by Crippen LogP contribution is 2.23. The summed E-state index contributed by atoms with van der Waals surface area (Å²) < 4.78 is 0. The van der Waals surface area contributed by atoms with E-state index in [2.05, 4.69) is 18.1 Å². The van der Waals surface area contributed by atoms with Crippen LogP contribution in [-0.2, 0) is 0 Å². The summed E-state index contributed by atoms with van der Waals surface area (Å²) in [5, 5.41) is 5.56. The first-order valence-electron chi connectivity index (χ1n) is 5.52. The highest BCUT2D eigenvalue weighted by atomic mass is 16.7. The zero-order valence-electron chi connectivity index (χ0n) is 9.97. The van der Waals surface area contributed by atoms with E-state index in [1.807, 2.05) is 37.2 Å². The zero-order valence-corrected chi connectivity index (χ0v) is 9.97. The lowest BCUT2D eigenvalue weighted by molar-refractivity contribution is 0.0929. The molecular weight excluding hydrogens is 202 g/mol. The van der Waals surface area contributed by atoms with Crippen molar-refractivity contribution < 1.29 is 4.84 Å². The van der Waals surface area contributed by atoms with Crippen molar-refractivity contribution in [1.82, 2.24) is 9.94 Å². The van der Waals surface area contributed by atoms with Crippen LogP contribution in [0.2, 0.25) is 0 Å². The first kappa shape index (κ1) is 10.8. The summed E-state index contributed by atoms with van der Waals surface area (Å²) >= 11 is 0. The van der Waals surface area contributed by atoms with Crippen molar-refractivity contribution in [2.45, 2.75) is 13.3 Å². The number of rotatable bonds is 4. The highest BCUT2D eigenvalue weighted by molar-refractivity contribution is 5.90. The number of para-hydroxylation sites is 1. The van der Waals surface area contributed by atoms with Gasteiger partial charge in [-0.05, 0) is 18.6 Å². The van der Waals surface area contributed by atoms with Gasteiger partial charge in [-0.25, -0.2) is 0 Å². The van der Waals surface area contributed by atoms with Gasteiger partial charge in [0, 0.05) is 19.5 Å². The number of aromatic nitrogens is 2. The normalized spacial score (nSPS) is 10.7. The molecule has 0 spiro atoms. The Morgan fingerprint density at radius 3 is 2.75 bits per heavy atom. The summed E-state index contributed by atoms with van der Waals surface area (Å²) in [6.45, 7) is 2.76. The largest absolute Gasteiger partial charge is 0.396 e. The fraction of sp³-hybridized carbons (Fsp3) is 0.417. The van der Waals surface area contributed by atoms with E-state index in [0.717, 1.165) is 23.1 Å². The van der Waals surface area contributed by atoms with Crippen molar-refractivity contribution >= 4 is 16.7 Å². The Balaban J connectivity index is 2.49. The molecule has 0 bridgehead atoms. The number of fused-ring (bicyclic) bond motifs is 1. The molecule has 16 heavy (non-hydrogen) atoms. The molecule has 0 aliphatic heterocycles. The number of hydrogen-bond acceptors (Lipinski definition) is 3. The number of benzene rings is 1. The van der Waals surface area contributed by atoms with Gasteiger partial charge in [0.1, 0.15) is 12.1 Å². The van der Waals surface area contributed by atoms with E-state index < -0.39 is 0 Å². The average molecular weight is 219 g/mol. The lowest BCUT2D eigenvalue weighted by Crippen LogP contribution is -2.15. The fourth-order valence-corrected chi connectivity index (χ4v) is 1.63. The molecule has 1 aromatic heterocycles. The first-order valence-corrected chi connectivity index (χ1v) is 5.52. The molecule has 0 atom stereocenters. The first-order chi connectivity index (χ1) is 7.74. The van der Waals surface area contributed by atoms with Gasteiger partial charge in [0.2, 0.25) is 0 Å². The minimum Gasteiger partial charge on any atom is -0.396 e. The Kier molecular flexibility index (Phi) is 2.99. The monoisotopic (exact) mass is 219 g/mol. The molecule has 1 aromatic carbocycles. The Bertz CT molecular complexity index is 476. The molecule has 0 unspecified atom stereocenters. The molecule has 0 radical (unpaired) electrons. The third kappa shape index (κ3) is 1.83. The van der Waals surface area contributed by atoms with Gasteiger partial charge in [-0.15, -0.1) is 5.10 Å². The van der Waals surface area contributed by atoms with Crippen LogP contribution in [0, 0.1) is 0 Å². The molecule has 4 nitrogen and oxygen atoms in total. The Morgan fingerprint density at radius 1 is 1.31 bits per heavy atom. The number of anilines is 1. The van der Waals surface area contributed by atoms with Crippen LogP contribution in [-0.4, -0.2) is 30.6 Å². The SMILES string of the molecule is CCCOn1nc(N(C)C)c2ccccc21. The standard InChI is InChI=1S/C12H17N3O/c1-4-9-16-15-11-8-6-5-7-10(11)12(13-15)14(2)3/h5-8H,4,9H2,1-3H3. The number of nitrogens with zero attached hydrogens (tertiary/aromatic N) is 3. The zero-order chi connectivity index (χ0) is 11.5. The summed E-state index contributed by atoms with van der Waals surface area (Å²) in [6, 6.07) is 8.09. The maximum atomic E-state index is 5.58. The summed E-state index contributed by atoms with van der Waals surface area (Å²) in [6.07, 6.45) is 0.978. The van der Waals surface area contributed by atoms with Crippen LogP contribution < -0.4 is 9.74 Å². The predicted octanol–water partition coefficient (Wildman–Crippen LogP) is 1.94. The molecule has 0 aliphatic carbocycles. The molecule has 4 heteroatoms. The van der Waals surface area contributed by atoms with E-state index >= 15 is 0 Å². The molecule has 2 aromatic rings. The van der Waals surface area contributed by atoms with E-state index in [1.54, 1.807) is 4.85 Å². The van der Waals surface area contributed by atoms with Crippen LogP contribution in [0.5, 0.6) is 0 Å². The predicted molar refractivity (Wildman–Crippen MR) is 65.8 cm³/mol. The Hall–Kier alpha value is -1.71. The molecular formula is C12H17N3O. The lowest BCUT2D eigenvalue weighted by atomic mass is 10.2. The van der Waals surface area contributed by atoms with Crippen molar-refractivity contribution in [2.24, 2.45) is 0 Å². The van der Waals surface area contributed by atoms with Crippen LogP contribution in [0.15, 0.2) is 24.3 Å². The van der Waals surface area contributed by atoms with E-state index in [9.17, 15) is 0 Å². The van der Waals surface area contributed by atoms with Gasteiger partial charge in [-0.1, -0.05) is 23.9 Å². The van der Waals surface area contributed by atoms with Gasteiger partial charge >= 0.3 is 0 Å². The van der Waals surface area contributed by atoms with Crippen molar-refractivity contribution in [2.75, 3.05) is 25.6 Å². The fourth-order valence-electron chi connectivity index (χ4n) is 1.63. The summed E-state index contributed by atoms with van der Waals surface area (Å²) in [5.74, 6) is 0.937. The summed E-state index contributed by atoms with van der Waals surface area (Å²) in [7, 11) is 3.97. The maximum Gasteiger partial charge on any atom is 0.161 e. The average Bonchev–Trinajstić information content (AvgIpc) is 2.65. The van der Waals surface area contributed by atoms with Crippen molar-refractivity contribution in [3.63, 3.8) is 0 Å². The molecule has 0 saturated carbocycles. The van der Waals surface area contributed by atoms with E-state index in [4.69, 9.17) is 4.84 Å². The van der Waals surface area contributed by atoms with E-state index in [0.29, 0.717) is 6.61 Å². The van der Waals surface area contributed by atoms with Crippen LogP contribution in [0.1, 0.15) is 13.3 Å². The molecule has 0 saturated heterocycles. The van der Waals surface area contributed by atoms with Crippen LogP contribution in [0.25, 0.3) is 10.9 Å². The second-order valence-electron chi connectivity index (χ2n) is 3.94. The third-order valence-electron chi connectivity index (χ3n) is 2.38. The van der Waals surface area contributed by atoms with Crippen molar-refractivity contribution in [3.8, 4) is 0 Å². The van der Waals surface area contributed by atoms with Crippen LogP contribution >= 0.6 is 0 Å². The smallest absolute Gasteiger partial charge is 0.161 e. The molecule has 0 aliphatic rings. The van der Waals surface area contributed by atoms with Crippen molar-refractivity contribution in [1.29, 1.82) is 0 Å². The molecule has 0 amide bonds. The number of hydrogen-bond donors (Lipinski definition) is 0. The van der Waals surface area contributed by atoms with Gasteiger partial charge in [-0.2, -0.15) is 0 Å². The quantitative estimate of drug-likeness (QED) is 0.787. The van der Waals surface area contributed by atoms with E-state index in [-0.39, 0.29) is 0 Å². The van der Waals surface area contributed by atoms with Gasteiger partial charge in [0.25, 0.3) is 0 Å². The third-order valence-corrected chi connectivity index (χ3v) is 2.38. The molecule has 86 valence electrons. The van der Waals surface area contributed by atoms with E-state index in [1.165, 1.54) is 0 Å². The van der Waals surface area contributed by atoms with Gasteiger partial charge in [0.05, 0.1) is 0 Å². The van der Waals surface area contributed by atoms with Gasteiger partial charge < -0.3 is 9.74 Å². The van der Waals surface area contributed by atoms with Crippen molar-refractivity contribution in [3.05, 3.63) is 24.3 Å². The summed E-state index contributed by atoms with van der Waals surface area (Å²) in [5.41, 5.74) is 1.01. The second-order valence-corrected chi connectivity index (χ2v) is 3.94. The topological polar surface area (TPSA) is 30.3 Å². The molecule has 2 rings (SSSR count). The van der Waals surface area contributed by atoms with Crippen LogP contribution in [0.3, 0.4) is 0 Å². The molecule has 0 N–H and O–H groups in total. The second kappa shape index (κ2) is 4.43.